The molecule has 25 heavy (non-hydrogen) atoms. The zero-order valence-corrected chi connectivity index (χ0v) is 15.9. The molecule has 3 rings (SSSR count). The number of carbonyl (C=O) groups is 2. The zero-order valence-electron chi connectivity index (χ0n) is 14.4. The van der Waals surface area contributed by atoms with Crippen molar-refractivity contribution < 1.29 is 9.59 Å². The maximum Gasteiger partial charge on any atom is 0.238 e. The molecule has 5 heteroatoms. The van der Waals surface area contributed by atoms with E-state index < -0.39 is 0 Å². The van der Waals surface area contributed by atoms with Gasteiger partial charge in [-0.15, -0.1) is 0 Å². The molecule has 4 nitrogen and oxygen atoms in total. The first kappa shape index (κ1) is 17.7. The van der Waals surface area contributed by atoms with Crippen molar-refractivity contribution in [3.63, 3.8) is 0 Å². The Bertz CT molecular complexity index is 761. The van der Waals surface area contributed by atoms with Crippen LogP contribution in [-0.2, 0) is 4.79 Å². The van der Waals surface area contributed by atoms with E-state index in [1.807, 2.05) is 66.5 Å². The Balaban J connectivity index is 1.87. The Labute approximate surface area is 156 Å². The van der Waals surface area contributed by atoms with Crippen molar-refractivity contribution in [3.05, 3.63) is 64.6 Å². The minimum atomic E-state index is -0.0301. The highest BCUT2D eigenvalue weighted by Gasteiger charge is 2.39. The third kappa shape index (κ3) is 3.76. The fourth-order valence-electron chi connectivity index (χ4n) is 3.50. The number of Topliss-reactive ketones (excluding diaryl/α,β-unsaturated/α-hetero) is 1. The molecule has 2 aromatic rings. The lowest BCUT2D eigenvalue weighted by Crippen LogP contribution is -2.46. The Morgan fingerprint density at radius 2 is 1.72 bits per heavy atom. The van der Waals surface area contributed by atoms with Crippen LogP contribution in [0.5, 0.6) is 0 Å². The quantitative estimate of drug-likeness (QED) is 0.711. The standard InChI is InChI=1S/C20H21BrN2O2/c1-14-12-19(13-20(25)16-8-10-17(21)11-9-16)23(22(14)15(2)24)18-6-4-3-5-7-18/h3-11,14,19H,12-13H2,1-2H3. The molecule has 1 saturated heterocycles. The number of carbonyl (C=O) groups excluding carboxylic acids is 2. The molecule has 0 saturated carbocycles. The van der Waals surface area contributed by atoms with E-state index in [0.29, 0.717) is 12.0 Å². The van der Waals surface area contributed by atoms with E-state index >= 15 is 0 Å². The van der Waals surface area contributed by atoms with Gasteiger partial charge in [0.25, 0.3) is 0 Å². The normalized spacial score (nSPS) is 20.0. The number of hydrogen-bond acceptors (Lipinski definition) is 3. The van der Waals surface area contributed by atoms with Crippen molar-refractivity contribution in [2.24, 2.45) is 0 Å². The molecule has 1 aliphatic heterocycles. The van der Waals surface area contributed by atoms with Crippen molar-refractivity contribution in [1.82, 2.24) is 5.01 Å². The molecular weight excluding hydrogens is 380 g/mol. The number of ketones is 1. The van der Waals surface area contributed by atoms with Crippen LogP contribution in [0.1, 0.15) is 37.0 Å². The van der Waals surface area contributed by atoms with Crippen LogP contribution >= 0.6 is 15.9 Å². The van der Waals surface area contributed by atoms with Gasteiger partial charge in [-0.05, 0) is 37.6 Å². The molecule has 1 amide bonds. The van der Waals surface area contributed by atoms with E-state index in [1.54, 1.807) is 11.9 Å². The third-order valence-corrected chi connectivity index (χ3v) is 5.07. The van der Waals surface area contributed by atoms with Crippen LogP contribution in [-0.4, -0.2) is 28.8 Å². The molecule has 0 N–H and O–H groups in total. The van der Waals surface area contributed by atoms with Crippen LogP contribution in [0.25, 0.3) is 0 Å². The molecule has 0 aromatic heterocycles. The van der Waals surface area contributed by atoms with E-state index in [0.717, 1.165) is 16.6 Å². The lowest BCUT2D eigenvalue weighted by molar-refractivity contribution is -0.130. The van der Waals surface area contributed by atoms with Crippen molar-refractivity contribution in [1.29, 1.82) is 0 Å². The van der Waals surface area contributed by atoms with Gasteiger partial charge in [0.2, 0.25) is 5.91 Å². The van der Waals surface area contributed by atoms with E-state index in [2.05, 4.69) is 15.9 Å². The minimum Gasteiger partial charge on any atom is -0.294 e. The second-order valence-corrected chi connectivity index (χ2v) is 7.33. The van der Waals surface area contributed by atoms with Crippen LogP contribution in [0, 0.1) is 0 Å². The van der Waals surface area contributed by atoms with E-state index in [4.69, 9.17) is 0 Å². The lowest BCUT2D eigenvalue weighted by atomic mass is 10.00. The van der Waals surface area contributed by atoms with Crippen molar-refractivity contribution >= 4 is 33.3 Å². The Hall–Kier alpha value is -2.14. The second kappa shape index (κ2) is 7.40. The number of hydrogen-bond donors (Lipinski definition) is 0. The molecule has 0 bridgehead atoms. The molecule has 2 aromatic carbocycles. The third-order valence-electron chi connectivity index (χ3n) is 4.54. The van der Waals surface area contributed by atoms with Crippen LogP contribution < -0.4 is 5.01 Å². The van der Waals surface area contributed by atoms with Crippen LogP contribution in [0.3, 0.4) is 0 Å². The molecule has 0 radical (unpaired) electrons. The first-order valence-electron chi connectivity index (χ1n) is 8.40. The molecule has 130 valence electrons. The largest absolute Gasteiger partial charge is 0.294 e. The van der Waals surface area contributed by atoms with Gasteiger partial charge in [0, 0.05) is 23.4 Å². The maximum atomic E-state index is 12.7. The fourth-order valence-corrected chi connectivity index (χ4v) is 3.76. The van der Waals surface area contributed by atoms with Gasteiger partial charge < -0.3 is 0 Å². The molecule has 1 heterocycles. The second-order valence-electron chi connectivity index (χ2n) is 6.42. The fraction of sp³-hybridized carbons (Fsp3) is 0.300. The predicted octanol–water partition coefficient (Wildman–Crippen LogP) is 4.45. The zero-order chi connectivity index (χ0) is 18.0. The molecule has 2 atom stereocenters. The van der Waals surface area contributed by atoms with E-state index in [1.165, 1.54) is 0 Å². The number of rotatable bonds is 4. The van der Waals surface area contributed by atoms with Gasteiger partial charge in [0.1, 0.15) is 0 Å². The Kier molecular flexibility index (Phi) is 5.23. The van der Waals surface area contributed by atoms with Gasteiger partial charge >= 0.3 is 0 Å². The predicted molar refractivity (Wildman–Crippen MR) is 102 cm³/mol. The molecule has 2 unspecified atom stereocenters. The van der Waals surface area contributed by atoms with E-state index in [-0.39, 0.29) is 23.8 Å². The Morgan fingerprint density at radius 3 is 2.32 bits per heavy atom. The van der Waals surface area contributed by atoms with E-state index in [9.17, 15) is 9.59 Å². The topological polar surface area (TPSA) is 40.6 Å². The highest BCUT2D eigenvalue weighted by molar-refractivity contribution is 9.10. The highest BCUT2D eigenvalue weighted by Crippen LogP contribution is 2.33. The van der Waals surface area contributed by atoms with Gasteiger partial charge in [-0.25, -0.2) is 0 Å². The van der Waals surface area contributed by atoms with Gasteiger partial charge in [0.05, 0.1) is 17.8 Å². The highest BCUT2D eigenvalue weighted by atomic mass is 79.9. The first-order chi connectivity index (χ1) is 12.0. The lowest BCUT2D eigenvalue weighted by Gasteiger charge is -2.35. The molecule has 1 fully saturated rings. The van der Waals surface area contributed by atoms with Gasteiger partial charge in [-0.2, -0.15) is 0 Å². The summed E-state index contributed by atoms with van der Waals surface area (Å²) in [5.41, 5.74) is 1.64. The number of benzene rings is 2. The molecular formula is C20H21BrN2O2. The summed E-state index contributed by atoms with van der Waals surface area (Å²) in [7, 11) is 0. The summed E-state index contributed by atoms with van der Waals surface area (Å²) in [6.45, 7) is 3.60. The number of anilines is 1. The SMILES string of the molecule is CC(=O)N1C(C)CC(CC(=O)c2ccc(Br)cc2)N1c1ccccc1. The van der Waals surface area contributed by atoms with Crippen molar-refractivity contribution in [3.8, 4) is 0 Å². The summed E-state index contributed by atoms with van der Waals surface area (Å²) in [6, 6.07) is 17.3. The summed E-state index contributed by atoms with van der Waals surface area (Å²) in [6.07, 6.45) is 1.15. The van der Waals surface area contributed by atoms with Crippen molar-refractivity contribution in [2.75, 3.05) is 5.01 Å². The first-order valence-corrected chi connectivity index (χ1v) is 9.19. The van der Waals surface area contributed by atoms with Gasteiger partial charge in [-0.3, -0.25) is 19.6 Å². The summed E-state index contributed by atoms with van der Waals surface area (Å²) in [5, 5.41) is 3.76. The Morgan fingerprint density at radius 1 is 1.08 bits per heavy atom. The molecule has 1 aliphatic rings. The number of hydrazine groups is 1. The summed E-state index contributed by atoms with van der Waals surface area (Å²) in [4.78, 5) is 24.9. The van der Waals surface area contributed by atoms with Gasteiger partial charge in [0.15, 0.2) is 5.78 Å². The molecule has 0 spiro atoms. The summed E-state index contributed by atoms with van der Waals surface area (Å²) in [5.74, 6) is 0.0889. The van der Waals surface area contributed by atoms with Crippen molar-refractivity contribution in [2.45, 2.75) is 38.8 Å². The number of nitrogens with zero attached hydrogens (tertiary/aromatic N) is 2. The average Bonchev–Trinajstić information content (AvgIpc) is 2.92. The van der Waals surface area contributed by atoms with Crippen LogP contribution in [0.15, 0.2) is 59.1 Å². The number of para-hydroxylation sites is 1. The monoisotopic (exact) mass is 400 g/mol. The van der Waals surface area contributed by atoms with Gasteiger partial charge in [-0.1, -0.05) is 46.3 Å². The minimum absolute atomic E-state index is 0.00468. The number of halogens is 1. The smallest absolute Gasteiger partial charge is 0.238 e. The number of amides is 1. The average molecular weight is 401 g/mol. The maximum absolute atomic E-state index is 12.7. The van der Waals surface area contributed by atoms with Crippen LogP contribution in [0.2, 0.25) is 0 Å². The molecule has 0 aliphatic carbocycles. The summed E-state index contributed by atoms with van der Waals surface area (Å²) >= 11 is 3.39. The summed E-state index contributed by atoms with van der Waals surface area (Å²) < 4.78 is 0.951. The van der Waals surface area contributed by atoms with Crippen LogP contribution in [0.4, 0.5) is 5.69 Å².